The topological polar surface area (TPSA) is 69.1 Å². The maximum absolute atomic E-state index is 10.9. The van der Waals surface area contributed by atoms with Gasteiger partial charge < -0.3 is 11.5 Å². The lowest BCUT2D eigenvalue weighted by atomic mass is 10.0. The zero-order chi connectivity index (χ0) is 9.56. The van der Waals surface area contributed by atoms with Crippen LogP contribution in [-0.4, -0.2) is 12.5 Å². The first-order valence-electron chi connectivity index (χ1n) is 4.32. The molecule has 3 heteroatoms. The molecule has 0 radical (unpaired) electrons. The molecule has 0 atom stereocenters. The molecule has 12 heavy (non-hydrogen) atoms. The minimum Gasteiger partial charge on any atom is -0.366 e. The predicted molar refractivity (Wildman–Crippen MR) is 50.5 cm³/mol. The highest BCUT2D eigenvalue weighted by Crippen LogP contribution is 2.12. The van der Waals surface area contributed by atoms with Crippen LogP contribution < -0.4 is 11.5 Å². The molecule has 0 bridgehead atoms. The average molecular weight is 170 g/mol. The molecule has 0 aliphatic heterocycles. The lowest BCUT2D eigenvalue weighted by Crippen LogP contribution is -2.15. The summed E-state index contributed by atoms with van der Waals surface area (Å²) in [6.07, 6.45) is 2.51. The lowest BCUT2D eigenvalue weighted by Gasteiger charge is -2.05. The fourth-order valence-corrected chi connectivity index (χ4v) is 1.20. The molecule has 0 aromatic heterocycles. The SMILES string of the molecule is CCC(C(N)=O)=C(C)CCCN. The highest BCUT2D eigenvalue weighted by molar-refractivity contribution is 5.92. The van der Waals surface area contributed by atoms with Crippen LogP contribution in [-0.2, 0) is 4.79 Å². The first-order chi connectivity index (χ1) is 5.63. The summed E-state index contributed by atoms with van der Waals surface area (Å²) in [5, 5.41) is 0. The Labute approximate surface area is 73.8 Å². The summed E-state index contributed by atoms with van der Waals surface area (Å²) in [5.74, 6) is -0.299. The lowest BCUT2D eigenvalue weighted by molar-refractivity contribution is -0.114. The van der Waals surface area contributed by atoms with Crippen molar-refractivity contribution in [3.05, 3.63) is 11.1 Å². The van der Waals surface area contributed by atoms with Gasteiger partial charge in [-0.05, 0) is 32.7 Å². The zero-order valence-corrected chi connectivity index (χ0v) is 7.89. The van der Waals surface area contributed by atoms with Crippen LogP contribution >= 0.6 is 0 Å². The normalized spacial score (nSPS) is 12.6. The first-order valence-corrected chi connectivity index (χ1v) is 4.32. The number of carbonyl (C=O) groups is 1. The highest BCUT2D eigenvalue weighted by Gasteiger charge is 2.05. The van der Waals surface area contributed by atoms with Gasteiger partial charge in [-0.2, -0.15) is 0 Å². The number of hydrogen-bond donors (Lipinski definition) is 2. The van der Waals surface area contributed by atoms with Gasteiger partial charge in [0, 0.05) is 5.57 Å². The molecule has 0 aliphatic rings. The number of carbonyl (C=O) groups excluding carboxylic acids is 1. The smallest absolute Gasteiger partial charge is 0.244 e. The Morgan fingerprint density at radius 2 is 2.00 bits per heavy atom. The van der Waals surface area contributed by atoms with E-state index in [1.54, 1.807) is 0 Å². The molecular weight excluding hydrogens is 152 g/mol. The summed E-state index contributed by atoms with van der Waals surface area (Å²) >= 11 is 0. The van der Waals surface area contributed by atoms with Crippen molar-refractivity contribution in [3.63, 3.8) is 0 Å². The molecule has 0 heterocycles. The van der Waals surface area contributed by atoms with Crippen LogP contribution in [0.2, 0.25) is 0 Å². The number of primary amides is 1. The fourth-order valence-electron chi connectivity index (χ4n) is 1.20. The van der Waals surface area contributed by atoms with E-state index in [-0.39, 0.29) is 5.91 Å². The van der Waals surface area contributed by atoms with Gasteiger partial charge in [0.25, 0.3) is 0 Å². The molecule has 0 saturated heterocycles. The van der Waals surface area contributed by atoms with Crippen LogP contribution in [0, 0.1) is 0 Å². The van der Waals surface area contributed by atoms with Gasteiger partial charge in [-0.25, -0.2) is 0 Å². The van der Waals surface area contributed by atoms with Crippen LogP contribution in [0.1, 0.15) is 33.1 Å². The van der Waals surface area contributed by atoms with E-state index in [4.69, 9.17) is 11.5 Å². The fraction of sp³-hybridized carbons (Fsp3) is 0.667. The van der Waals surface area contributed by atoms with Gasteiger partial charge in [0.1, 0.15) is 0 Å². The van der Waals surface area contributed by atoms with Gasteiger partial charge in [-0.1, -0.05) is 12.5 Å². The molecule has 0 spiro atoms. The maximum atomic E-state index is 10.9. The predicted octanol–water partition coefficient (Wildman–Crippen LogP) is 0.937. The molecule has 0 rings (SSSR count). The van der Waals surface area contributed by atoms with Crippen LogP contribution in [0.15, 0.2) is 11.1 Å². The Kier molecular flexibility index (Phi) is 5.37. The van der Waals surface area contributed by atoms with Crippen molar-refractivity contribution in [2.75, 3.05) is 6.54 Å². The van der Waals surface area contributed by atoms with Gasteiger partial charge in [-0.3, -0.25) is 4.79 Å². The van der Waals surface area contributed by atoms with Crippen molar-refractivity contribution in [3.8, 4) is 0 Å². The van der Waals surface area contributed by atoms with E-state index in [1.807, 2.05) is 13.8 Å². The summed E-state index contributed by atoms with van der Waals surface area (Å²) < 4.78 is 0. The standard InChI is InChI=1S/C9H18N2O/c1-3-8(9(11)12)7(2)5-4-6-10/h3-6,10H2,1-2H3,(H2,11,12). The average Bonchev–Trinajstić information content (AvgIpc) is 2.01. The largest absolute Gasteiger partial charge is 0.366 e. The molecule has 1 amide bonds. The van der Waals surface area contributed by atoms with Crippen molar-refractivity contribution in [2.45, 2.75) is 33.1 Å². The second-order valence-electron chi connectivity index (χ2n) is 2.87. The number of hydrogen-bond acceptors (Lipinski definition) is 2. The van der Waals surface area contributed by atoms with Gasteiger partial charge in [0.05, 0.1) is 0 Å². The number of nitrogens with two attached hydrogens (primary N) is 2. The van der Waals surface area contributed by atoms with Crippen molar-refractivity contribution in [1.29, 1.82) is 0 Å². The summed E-state index contributed by atoms with van der Waals surface area (Å²) in [7, 11) is 0. The summed E-state index contributed by atoms with van der Waals surface area (Å²) in [4.78, 5) is 10.9. The Morgan fingerprint density at radius 1 is 1.42 bits per heavy atom. The molecule has 0 aliphatic carbocycles. The molecule has 0 saturated carbocycles. The van der Waals surface area contributed by atoms with Crippen LogP contribution in [0.4, 0.5) is 0 Å². The Morgan fingerprint density at radius 3 is 2.33 bits per heavy atom. The van der Waals surface area contributed by atoms with Crippen molar-refractivity contribution < 1.29 is 4.79 Å². The first kappa shape index (κ1) is 11.2. The molecule has 4 N–H and O–H groups in total. The summed E-state index contributed by atoms with van der Waals surface area (Å²) in [6, 6.07) is 0. The second-order valence-corrected chi connectivity index (χ2v) is 2.87. The van der Waals surface area contributed by atoms with Crippen molar-refractivity contribution >= 4 is 5.91 Å². The highest BCUT2D eigenvalue weighted by atomic mass is 16.1. The zero-order valence-electron chi connectivity index (χ0n) is 7.89. The Balaban J connectivity index is 4.27. The molecule has 70 valence electrons. The maximum Gasteiger partial charge on any atom is 0.244 e. The third-order valence-corrected chi connectivity index (χ3v) is 1.92. The van der Waals surface area contributed by atoms with E-state index in [0.717, 1.165) is 24.0 Å². The summed E-state index contributed by atoms with van der Waals surface area (Å²) in [6.45, 7) is 4.54. The van der Waals surface area contributed by atoms with E-state index >= 15 is 0 Å². The van der Waals surface area contributed by atoms with E-state index in [2.05, 4.69) is 0 Å². The molecule has 0 unspecified atom stereocenters. The minimum absolute atomic E-state index is 0.299. The Bertz CT molecular complexity index is 185. The Hall–Kier alpha value is -0.830. The quantitative estimate of drug-likeness (QED) is 0.603. The third kappa shape index (κ3) is 3.53. The second kappa shape index (κ2) is 5.77. The monoisotopic (exact) mass is 170 g/mol. The van der Waals surface area contributed by atoms with E-state index in [0.29, 0.717) is 13.0 Å². The van der Waals surface area contributed by atoms with Crippen molar-refractivity contribution in [1.82, 2.24) is 0 Å². The molecule has 0 aromatic rings. The van der Waals surface area contributed by atoms with E-state index in [1.165, 1.54) is 0 Å². The van der Waals surface area contributed by atoms with Crippen molar-refractivity contribution in [2.24, 2.45) is 11.5 Å². The van der Waals surface area contributed by atoms with Gasteiger partial charge in [0.2, 0.25) is 5.91 Å². The molecule has 0 aromatic carbocycles. The van der Waals surface area contributed by atoms with Crippen LogP contribution in [0.3, 0.4) is 0 Å². The summed E-state index contributed by atoms with van der Waals surface area (Å²) in [5.41, 5.74) is 12.4. The number of allylic oxidation sites excluding steroid dienone is 1. The van der Waals surface area contributed by atoms with Gasteiger partial charge in [0.15, 0.2) is 0 Å². The minimum atomic E-state index is -0.299. The van der Waals surface area contributed by atoms with Gasteiger partial charge >= 0.3 is 0 Å². The molecule has 3 nitrogen and oxygen atoms in total. The van der Waals surface area contributed by atoms with Crippen LogP contribution in [0.25, 0.3) is 0 Å². The van der Waals surface area contributed by atoms with E-state index < -0.39 is 0 Å². The molecular formula is C9H18N2O. The van der Waals surface area contributed by atoms with E-state index in [9.17, 15) is 4.79 Å². The van der Waals surface area contributed by atoms with Gasteiger partial charge in [-0.15, -0.1) is 0 Å². The molecule has 0 fully saturated rings. The van der Waals surface area contributed by atoms with Crippen LogP contribution in [0.5, 0.6) is 0 Å². The number of amides is 1. The third-order valence-electron chi connectivity index (χ3n) is 1.92. The number of rotatable bonds is 5.